The SMILES string of the molecule is CN1CCO[C@H]2CN(C(=O)c3ccc4[nH]ccc4c3)CC[C@H]2C1. The first-order valence-corrected chi connectivity index (χ1v) is 8.37. The molecular formula is C18H23N3O2. The number of fused-ring (bicyclic) bond motifs is 2. The third-order valence-corrected chi connectivity index (χ3v) is 5.13. The first kappa shape index (κ1) is 14.7. The highest BCUT2D eigenvalue weighted by Crippen LogP contribution is 2.25. The molecule has 4 rings (SSSR count). The minimum atomic E-state index is 0.118. The van der Waals surface area contributed by atoms with E-state index in [4.69, 9.17) is 4.74 Å². The molecule has 2 aliphatic rings. The molecule has 2 fully saturated rings. The summed E-state index contributed by atoms with van der Waals surface area (Å²) in [5, 5.41) is 1.08. The van der Waals surface area contributed by atoms with Gasteiger partial charge in [-0.1, -0.05) is 0 Å². The largest absolute Gasteiger partial charge is 0.375 e. The molecule has 2 saturated heterocycles. The molecule has 1 N–H and O–H groups in total. The summed E-state index contributed by atoms with van der Waals surface area (Å²) in [4.78, 5) is 20.3. The van der Waals surface area contributed by atoms with Gasteiger partial charge >= 0.3 is 0 Å². The van der Waals surface area contributed by atoms with Gasteiger partial charge < -0.3 is 19.5 Å². The van der Waals surface area contributed by atoms with E-state index >= 15 is 0 Å². The van der Waals surface area contributed by atoms with Gasteiger partial charge in [-0.05, 0) is 37.7 Å². The Labute approximate surface area is 136 Å². The summed E-state index contributed by atoms with van der Waals surface area (Å²) in [6.07, 6.45) is 3.10. The average Bonchev–Trinajstić information content (AvgIpc) is 2.94. The molecule has 3 heterocycles. The zero-order valence-electron chi connectivity index (χ0n) is 13.5. The number of rotatable bonds is 1. The lowest BCUT2D eigenvalue weighted by molar-refractivity contribution is -0.0170. The number of hydrogen-bond acceptors (Lipinski definition) is 3. The second kappa shape index (κ2) is 5.98. The number of ether oxygens (including phenoxy) is 1. The summed E-state index contributed by atoms with van der Waals surface area (Å²) >= 11 is 0. The summed E-state index contributed by atoms with van der Waals surface area (Å²) in [6, 6.07) is 7.87. The Balaban J connectivity index is 1.50. The lowest BCUT2D eigenvalue weighted by Crippen LogP contribution is -2.48. The van der Waals surface area contributed by atoms with Crippen molar-refractivity contribution in [3.63, 3.8) is 0 Å². The third-order valence-electron chi connectivity index (χ3n) is 5.13. The molecule has 5 heteroatoms. The van der Waals surface area contributed by atoms with Crippen molar-refractivity contribution in [1.29, 1.82) is 0 Å². The van der Waals surface area contributed by atoms with Crippen molar-refractivity contribution in [3.8, 4) is 0 Å². The van der Waals surface area contributed by atoms with Crippen molar-refractivity contribution < 1.29 is 9.53 Å². The highest BCUT2D eigenvalue weighted by molar-refractivity contribution is 5.98. The molecular weight excluding hydrogens is 290 g/mol. The molecule has 5 nitrogen and oxygen atoms in total. The number of carbonyl (C=O) groups is 1. The van der Waals surface area contributed by atoms with E-state index in [2.05, 4.69) is 16.9 Å². The van der Waals surface area contributed by atoms with E-state index < -0.39 is 0 Å². The highest BCUT2D eigenvalue weighted by atomic mass is 16.5. The van der Waals surface area contributed by atoms with Crippen LogP contribution < -0.4 is 0 Å². The van der Waals surface area contributed by atoms with Gasteiger partial charge in [-0.25, -0.2) is 0 Å². The van der Waals surface area contributed by atoms with E-state index in [-0.39, 0.29) is 12.0 Å². The number of amides is 1. The minimum Gasteiger partial charge on any atom is -0.375 e. The third kappa shape index (κ3) is 2.86. The molecule has 0 radical (unpaired) electrons. The van der Waals surface area contributed by atoms with Gasteiger partial charge in [-0.15, -0.1) is 0 Å². The summed E-state index contributed by atoms with van der Waals surface area (Å²) in [6.45, 7) is 4.34. The second-order valence-corrected chi connectivity index (χ2v) is 6.75. The van der Waals surface area contributed by atoms with Crippen LogP contribution >= 0.6 is 0 Å². The first-order valence-electron chi connectivity index (χ1n) is 8.37. The molecule has 122 valence electrons. The van der Waals surface area contributed by atoms with Gasteiger partial charge in [0.1, 0.15) is 0 Å². The van der Waals surface area contributed by atoms with Crippen LogP contribution in [0.1, 0.15) is 16.8 Å². The van der Waals surface area contributed by atoms with Gasteiger partial charge in [0.2, 0.25) is 0 Å². The molecule has 0 spiro atoms. The Hall–Kier alpha value is -1.85. The number of aromatic amines is 1. The number of aromatic nitrogens is 1. The van der Waals surface area contributed by atoms with Gasteiger partial charge in [0.05, 0.1) is 12.7 Å². The normalized spacial score (nSPS) is 26.0. The van der Waals surface area contributed by atoms with E-state index in [0.717, 1.165) is 49.1 Å². The van der Waals surface area contributed by atoms with E-state index in [0.29, 0.717) is 12.5 Å². The van der Waals surface area contributed by atoms with Gasteiger partial charge in [0.25, 0.3) is 5.91 Å². The fraction of sp³-hybridized carbons (Fsp3) is 0.500. The fourth-order valence-electron chi connectivity index (χ4n) is 3.77. The molecule has 0 aliphatic carbocycles. The number of nitrogens with one attached hydrogen (secondary N) is 1. The topological polar surface area (TPSA) is 48.6 Å². The van der Waals surface area contributed by atoms with Crippen molar-refractivity contribution >= 4 is 16.8 Å². The smallest absolute Gasteiger partial charge is 0.253 e. The molecule has 0 bridgehead atoms. The molecule has 1 aromatic carbocycles. The van der Waals surface area contributed by atoms with Crippen molar-refractivity contribution in [3.05, 3.63) is 36.0 Å². The molecule has 1 amide bonds. The maximum absolute atomic E-state index is 12.8. The summed E-state index contributed by atoms with van der Waals surface area (Å²) in [5.41, 5.74) is 1.83. The second-order valence-electron chi connectivity index (χ2n) is 6.75. The van der Waals surface area contributed by atoms with Crippen LogP contribution in [0.25, 0.3) is 10.9 Å². The first-order chi connectivity index (χ1) is 11.2. The van der Waals surface area contributed by atoms with Crippen LogP contribution in [0.5, 0.6) is 0 Å². The highest BCUT2D eigenvalue weighted by Gasteiger charge is 2.34. The van der Waals surface area contributed by atoms with E-state index in [9.17, 15) is 4.79 Å². The van der Waals surface area contributed by atoms with Crippen LogP contribution in [0.2, 0.25) is 0 Å². The van der Waals surface area contributed by atoms with Crippen molar-refractivity contribution in [2.24, 2.45) is 5.92 Å². The molecule has 2 aromatic rings. The monoisotopic (exact) mass is 313 g/mol. The fourth-order valence-corrected chi connectivity index (χ4v) is 3.77. The van der Waals surface area contributed by atoms with E-state index in [1.165, 1.54) is 0 Å². The van der Waals surface area contributed by atoms with Crippen LogP contribution in [0.15, 0.2) is 30.5 Å². The number of nitrogens with zero attached hydrogens (tertiary/aromatic N) is 2. The van der Waals surface area contributed by atoms with Crippen molar-refractivity contribution in [2.75, 3.05) is 39.8 Å². The summed E-state index contributed by atoms with van der Waals surface area (Å²) < 4.78 is 6.01. The quantitative estimate of drug-likeness (QED) is 0.875. The Kier molecular flexibility index (Phi) is 3.83. The molecule has 2 aliphatic heterocycles. The molecule has 2 atom stereocenters. The minimum absolute atomic E-state index is 0.118. The lowest BCUT2D eigenvalue weighted by Gasteiger charge is -2.37. The predicted octanol–water partition coefficient (Wildman–Crippen LogP) is 1.96. The number of benzene rings is 1. The average molecular weight is 313 g/mol. The zero-order chi connectivity index (χ0) is 15.8. The standard InChI is InChI=1S/C18H23N3O2/c1-20-8-9-23-17-12-21(7-5-15(17)11-20)18(22)14-2-3-16-13(10-14)4-6-19-16/h2-4,6,10,15,17,19H,5,7-9,11-12H2,1H3/t15-,17-/m0/s1. The van der Waals surface area contributed by atoms with Gasteiger partial charge in [0, 0.05) is 54.8 Å². The van der Waals surface area contributed by atoms with Crippen LogP contribution in [0.3, 0.4) is 0 Å². The molecule has 1 aromatic heterocycles. The summed E-state index contributed by atoms with van der Waals surface area (Å²) in [7, 11) is 2.15. The molecule has 0 unspecified atom stereocenters. The van der Waals surface area contributed by atoms with Crippen LogP contribution in [-0.2, 0) is 4.74 Å². The Morgan fingerprint density at radius 2 is 2.17 bits per heavy atom. The molecule has 0 saturated carbocycles. The van der Waals surface area contributed by atoms with E-state index in [1.807, 2.05) is 35.4 Å². The maximum atomic E-state index is 12.8. The van der Waals surface area contributed by atoms with E-state index in [1.54, 1.807) is 0 Å². The number of likely N-dealkylation sites (N-methyl/N-ethyl adjacent to an activating group) is 1. The molecule has 23 heavy (non-hydrogen) atoms. The summed E-state index contributed by atoms with van der Waals surface area (Å²) in [5.74, 6) is 0.659. The Morgan fingerprint density at radius 3 is 3.09 bits per heavy atom. The van der Waals surface area contributed by atoms with Crippen molar-refractivity contribution in [1.82, 2.24) is 14.8 Å². The number of hydrogen-bond donors (Lipinski definition) is 1. The number of H-pyrrole nitrogens is 1. The Bertz CT molecular complexity index is 711. The van der Waals surface area contributed by atoms with Gasteiger partial charge in [-0.2, -0.15) is 0 Å². The Morgan fingerprint density at radius 1 is 1.26 bits per heavy atom. The lowest BCUT2D eigenvalue weighted by atomic mass is 9.93. The van der Waals surface area contributed by atoms with Gasteiger partial charge in [-0.3, -0.25) is 4.79 Å². The maximum Gasteiger partial charge on any atom is 0.253 e. The number of piperidine rings is 1. The number of carbonyl (C=O) groups excluding carboxylic acids is 1. The van der Waals surface area contributed by atoms with Crippen LogP contribution in [0.4, 0.5) is 0 Å². The predicted molar refractivity (Wildman–Crippen MR) is 89.5 cm³/mol. The number of likely N-dealkylation sites (tertiary alicyclic amines) is 1. The zero-order valence-corrected chi connectivity index (χ0v) is 13.5. The van der Waals surface area contributed by atoms with Crippen molar-refractivity contribution in [2.45, 2.75) is 12.5 Å². The van der Waals surface area contributed by atoms with Gasteiger partial charge in [0.15, 0.2) is 0 Å². The van der Waals surface area contributed by atoms with Crippen LogP contribution in [-0.4, -0.2) is 66.6 Å². The van der Waals surface area contributed by atoms with Crippen LogP contribution in [0, 0.1) is 5.92 Å².